The van der Waals surface area contributed by atoms with Crippen LogP contribution in [-0.4, -0.2) is 15.6 Å². The van der Waals surface area contributed by atoms with Gasteiger partial charge in [0.15, 0.2) is 0 Å². The molecule has 0 aliphatic heterocycles. The number of aliphatic carboxylic acids is 1. The summed E-state index contributed by atoms with van der Waals surface area (Å²) in [4.78, 5) is 22.7. The Kier molecular flexibility index (Phi) is 2.57. The monoisotopic (exact) mass is 210 g/mol. The fourth-order valence-corrected chi connectivity index (χ4v) is 1.30. The first kappa shape index (κ1) is 11.3. The summed E-state index contributed by atoms with van der Waals surface area (Å²) < 4.78 is 1.29. The number of aryl methyl sites for hydroxylation is 1. The van der Waals surface area contributed by atoms with Crippen LogP contribution in [-0.2, 0) is 17.3 Å². The third-order valence-electron chi connectivity index (χ3n) is 2.41. The average molecular weight is 210 g/mol. The highest BCUT2D eigenvalue weighted by atomic mass is 16.4. The van der Waals surface area contributed by atoms with E-state index in [-0.39, 0.29) is 11.1 Å². The van der Waals surface area contributed by atoms with Gasteiger partial charge in [0.05, 0.1) is 5.41 Å². The van der Waals surface area contributed by atoms with Crippen molar-refractivity contribution in [1.82, 2.24) is 4.57 Å². The highest BCUT2D eigenvalue weighted by molar-refractivity contribution is 5.80. The third kappa shape index (κ3) is 1.86. The SMILES string of the molecule is Cn1cc(N)cc(C(C)(C)C(=O)O)c1=O. The predicted molar refractivity (Wildman–Crippen MR) is 56.8 cm³/mol. The minimum Gasteiger partial charge on any atom is -0.481 e. The molecule has 0 amide bonds. The van der Waals surface area contributed by atoms with Gasteiger partial charge in [-0.1, -0.05) is 0 Å². The van der Waals surface area contributed by atoms with E-state index in [0.717, 1.165) is 0 Å². The first-order chi connectivity index (χ1) is 6.76. The van der Waals surface area contributed by atoms with Crippen molar-refractivity contribution in [1.29, 1.82) is 0 Å². The normalized spacial score (nSPS) is 11.4. The van der Waals surface area contributed by atoms with Crippen LogP contribution in [0.3, 0.4) is 0 Å². The van der Waals surface area contributed by atoms with Crippen LogP contribution >= 0.6 is 0 Å². The lowest BCUT2D eigenvalue weighted by Crippen LogP contribution is -2.37. The lowest BCUT2D eigenvalue weighted by Gasteiger charge is -2.19. The molecule has 1 aromatic heterocycles. The first-order valence-electron chi connectivity index (χ1n) is 4.47. The molecule has 0 fully saturated rings. The average Bonchev–Trinajstić information content (AvgIpc) is 2.10. The summed E-state index contributed by atoms with van der Waals surface area (Å²) in [5.74, 6) is -1.05. The molecule has 0 aliphatic carbocycles. The van der Waals surface area contributed by atoms with Gasteiger partial charge in [-0.25, -0.2) is 0 Å². The van der Waals surface area contributed by atoms with Crippen LogP contribution in [0.4, 0.5) is 5.69 Å². The molecule has 1 heterocycles. The summed E-state index contributed by atoms with van der Waals surface area (Å²) in [6.07, 6.45) is 1.46. The van der Waals surface area contributed by atoms with Crippen LogP contribution in [0.5, 0.6) is 0 Å². The van der Waals surface area contributed by atoms with E-state index in [9.17, 15) is 9.59 Å². The summed E-state index contributed by atoms with van der Waals surface area (Å²) >= 11 is 0. The van der Waals surface area contributed by atoms with Gasteiger partial charge in [-0.05, 0) is 19.9 Å². The Labute approximate surface area is 87.1 Å². The summed E-state index contributed by atoms with van der Waals surface area (Å²) in [6, 6.07) is 1.41. The van der Waals surface area contributed by atoms with Gasteiger partial charge in [0.1, 0.15) is 0 Å². The Morgan fingerprint density at radius 2 is 2.07 bits per heavy atom. The van der Waals surface area contributed by atoms with E-state index in [2.05, 4.69) is 0 Å². The molecule has 0 saturated carbocycles. The maximum absolute atomic E-state index is 11.7. The number of carbonyl (C=O) groups is 1. The highest BCUT2D eigenvalue weighted by Crippen LogP contribution is 2.21. The van der Waals surface area contributed by atoms with Crippen molar-refractivity contribution in [3.8, 4) is 0 Å². The summed E-state index contributed by atoms with van der Waals surface area (Å²) in [5.41, 5.74) is 4.57. The summed E-state index contributed by atoms with van der Waals surface area (Å²) in [6.45, 7) is 2.96. The Balaban J connectivity index is 3.51. The molecule has 1 rings (SSSR count). The van der Waals surface area contributed by atoms with Crippen LogP contribution < -0.4 is 11.3 Å². The predicted octanol–water partition coefficient (Wildman–Crippen LogP) is 0.330. The Bertz CT molecular complexity index is 460. The molecule has 0 aliphatic rings. The van der Waals surface area contributed by atoms with E-state index >= 15 is 0 Å². The molecule has 5 nitrogen and oxygen atoms in total. The molecule has 5 heteroatoms. The fraction of sp³-hybridized carbons (Fsp3) is 0.400. The second kappa shape index (κ2) is 3.42. The van der Waals surface area contributed by atoms with Crippen LogP contribution in [0.2, 0.25) is 0 Å². The molecule has 1 aromatic rings. The number of carboxylic acid groups (broad SMARTS) is 1. The molecule has 0 atom stereocenters. The number of anilines is 1. The van der Waals surface area contributed by atoms with Gasteiger partial charge in [-0.15, -0.1) is 0 Å². The van der Waals surface area contributed by atoms with E-state index in [0.29, 0.717) is 5.69 Å². The highest BCUT2D eigenvalue weighted by Gasteiger charge is 2.32. The van der Waals surface area contributed by atoms with Crippen molar-refractivity contribution in [3.05, 3.63) is 28.2 Å². The van der Waals surface area contributed by atoms with E-state index in [4.69, 9.17) is 10.8 Å². The van der Waals surface area contributed by atoms with Crippen LogP contribution in [0.25, 0.3) is 0 Å². The topological polar surface area (TPSA) is 85.3 Å². The number of nitrogen functional groups attached to an aromatic ring is 1. The Hall–Kier alpha value is -1.78. The zero-order valence-electron chi connectivity index (χ0n) is 8.94. The van der Waals surface area contributed by atoms with Gasteiger partial charge < -0.3 is 15.4 Å². The molecule has 0 unspecified atom stereocenters. The molecular formula is C10H14N2O3. The number of hydrogen-bond acceptors (Lipinski definition) is 3. The Morgan fingerprint density at radius 3 is 2.53 bits per heavy atom. The Morgan fingerprint density at radius 1 is 1.53 bits per heavy atom. The van der Waals surface area contributed by atoms with E-state index < -0.39 is 11.4 Å². The lowest BCUT2D eigenvalue weighted by atomic mass is 9.85. The minimum atomic E-state index is -1.23. The molecule has 0 spiro atoms. The quantitative estimate of drug-likeness (QED) is 0.736. The molecule has 0 bridgehead atoms. The van der Waals surface area contributed by atoms with Crippen molar-refractivity contribution >= 4 is 11.7 Å². The molecule has 82 valence electrons. The molecule has 0 radical (unpaired) electrons. The second-order valence-electron chi connectivity index (χ2n) is 4.03. The smallest absolute Gasteiger partial charge is 0.313 e. The van der Waals surface area contributed by atoms with Gasteiger partial charge in [0.2, 0.25) is 0 Å². The second-order valence-corrected chi connectivity index (χ2v) is 4.03. The molecule has 0 aromatic carbocycles. The number of nitrogens with zero attached hydrogens (tertiary/aromatic N) is 1. The van der Waals surface area contributed by atoms with Crippen LogP contribution in [0.1, 0.15) is 19.4 Å². The largest absolute Gasteiger partial charge is 0.481 e. The van der Waals surface area contributed by atoms with E-state index in [1.165, 1.54) is 30.7 Å². The summed E-state index contributed by atoms with van der Waals surface area (Å²) in [7, 11) is 1.54. The molecular weight excluding hydrogens is 196 g/mol. The van der Waals surface area contributed by atoms with E-state index in [1.807, 2.05) is 0 Å². The number of pyridine rings is 1. The third-order valence-corrected chi connectivity index (χ3v) is 2.41. The summed E-state index contributed by atoms with van der Waals surface area (Å²) in [5, 5.41) is 9.01. The molecule has 3 N–H and O–H groups in total. The van der Waals surface area contributed by atoms with Gasteiger partial charge in [-0.2, -0.15) is 0 Å². The van der Waals surface area contributed by atoms with Crippen molar-refractivity contribution < 1.29 is 9.90 Å². The first-order valence-corrected chi connectivity index (χ1v) is 4.47. The van der Waals surface area contributed by atoms with Crippen molar-refractivity contribution in [2.45, 2.75) is 19.3 Å². The van der Waals surface area contributed by atoms with E-state index in [1.54, 1.807) is 7.05 Å². The standard InChI is InChI=1S/C10H14N2O3/c1-10(2,9(14)15)7-4-6(11)5-12(3)8(7)13/h4-5H,11H2,1-3H3,(H,14,15). The van der Waals surface area contributed by atoms with Crippen molar-refractivity contribution in [2.24, 2.45) is 7.05 Å². The number of carboxylic acids is 1. The van der Waals surface area contributed by atoms with Gasteiger partial charge in [-0.3, -0.25) is 9.59 Å². The number of nitrogens with two attached hydrogens (primary N) is 1. The zero-order chi connectivity index (χ0) is 11.8. The maximum Gasteiger partial charge on any atom is 0.313 e. The van der Waals surface area contributed by atoms with Crippen molar-refractivity contribution in [2.75, 3.05) is 5.73 Å². The number of hydrogen-bond donors (Lipinski definition) is 2. The number of rotatable bonds is 2. The number of aromatic nitrogens is 1. The van der Waals surface area contributed by atoms with Gasteiger partial charge in [0, 0.05) is 24.5 Å². The molecule has 15 heavy (non-hydrogen) atoms. The van der Waals surface area contributed by atoms with Gasteiger partial charge >= 0.3 is 5.97 Å². The minimum absolute atomic E-state index is 0.192. The van der Waals surface area contributed by atoms with Crippen molar-refractivity contribution in [3.63, 3.8) is 0 Å². The van der Waals surface area contributed by atoms with Gasteiger partial charge in [0.25, 0.3) is 5.56 Å². The molecule has 0 saturated heterocycles. The fourth-order valence-electron chi connectivity index (χ4n) is 1.30. The maximum atomic E-state index is 11.7. The van der Waals surface area contributed by atoms with Crippen LogP contribution in [0, 0.1) is 0 Å². The van der Waals surface area contributed by atoms with Crippen LogP contribution in [0.15, 0.2) is 17.1 Å². The lowest BCUT2D eigenvalue weighted by molar-refractivity contribution is -0.142. The zero-order valence-corrected chi connectivity index (χ0v) is 8.94.